The number of phenolic OH excluding ortho intramolecular Hbond substituents is 1. The molecule has 156 valence electrons. The van der Waals surface area contributed by atoms with E-state index in [1.54, 1.807) is 24.3 Å². The van der Waals surface area contributed by atoms with Crippen LogP contribution in [0.25, 0.3) is 11.1 Å². The molecule has 1 aliphatic carbocycles. The first-order valence-electron chi connectivity index (χ1n) is 10.3. The maximum absolute atomic E-state index is 13.1. The predicted molar refractivity (Wildman–Crippen MR) is 117 cm³/mol. The Morgan fingerprint density at radius 1 is 0.833 bits per heavy atom. The van der Waals surface area contributed by atoms with Gasteiger partial charge < -0.3 is 9.84 Å². The lowest BCUT2D eigenvalue weighted by molar-refractivity contribution is 0.135. The van der Waals surface area contributed by atoms with Crippen LogP contribution in [-0.2, 0) is 9.84 Å². The Labute approximate surface area is 178 Å². The fraction of sp³-hybridized carbons (Fsp3) is 0.280. The standard InChI is InChI=1S/C25H26O4S/c1-18-7-9-20(10-8-18)29-21-11-13-22(14-12-21)30(27,28)23-15-16-25(26)24(17-23)19-5-3-2-4-6-19/h2-6,11-18,20,26H,7-10H2,1H3. The first-order valence-corrected chi connectivity index (χ1v) is 11.8. The molecule has 0 radical (unpaired) electrons. The zero-order chi connectivity index (χ0) is 21.1. The molecule has 0 aliphatic heterocycles. The molecule has 0 saturated heterocycles. The highest BCUT2D eigenvalue weighted by atomic mass is 32.2. The fourth-order valence-electron chi connectivity index (χ4n) is 3.90. The van der Waals surface area contributed by atoms with E-state index in [0.29, 0.717) is 11.3 Å². The number of phenols is 1. The summed E-state index contributed by atoms with van der Waals surface area (Å²) in [6, 6.07) is 20.3. The number of rotatable bonds is 5. The Bertz CT molecular complexity index is 1100. The summed E-state index contributed by atoms with van der Waals surface area (Å²) >= 11 is 0. The second-order valence-electron chi connectivity index (χ2n) is 8.02. The van der Waals surface area contributed by atoms with E-state index in [1.165, 1.54) is 31.0 Å². The van der Waals surface area contributed by atoms with Gasteiger partial charge in [0.2, 0.25) is 9.84 Å². The lowest BCUT2D eigenvalue weighted by Crippen LogP contribution is -2.23. The number of hydrogen-bond acceptors (Lipinski definition) is 4. The Morgan fingerprint density at radius 3 is 2.13 bits per heavy atom. The molecule has 0 spiro atoms. The molecule has 3 aromatic rings. The molecular formula is C25H26O4S. The third kappa shape index (κ3) is 4.36. The summed E-state index contributed by atoms with van der Waals surface area (Å²) in [5.74, 6) is 1.50. The molecule has 1 N–H and O–H groups in total. The van der Waals surface area contributed by atoms with Gasteiger partial charge in [-0.05, 0) is 79.6 Å². The molecule has 0 heterocycles. The zero-order valence-electron chi connectivity index (χ0n) is 17.0. The third-order valence-corrected chi connectivity index (χ3v) is 7.53. The van der Waals surface area contributed by atoms with Crippen LogP contribution < -0.4 is 4.74 Å². The first-order chi connectivity index (χ1) is 14.4. The van der Waals surface area contributed by atoms with Crippen molar-refractivity contribution in [3.8, 4) is 22.6 Å². The van der Waals surface area contributed by atoms with E-state index >= 15 is 0 Å². The number of sulfone groups is 1. The third-order valence-electron chi connectivity index (χ3n) is 5.76. The summed E-state index contributed by atoms with van der Waals surface area (Å²) in [5, 5.41) is 10.2. The van der Waals surface area contributed by atoms with Crippen molar-refractivity contribution in [2.24, 2.45) is 5.92 Å². The van der Waals surface area contributed by atoms with Crippen LogP contribution in [0.2, 0.25) is 0 Å². The van der Waals surface area contributed by atoms with Crippen molar-refractivity contribution in [1.29, 1.82) is 0 Å². The number of benzene rings is 3. The summed E-state index contributed by atoms with van der Waals surface area (Å²) in [5.41, 5.74) is 1.25. The average Bonchev–Trinajstić information content (AvgIpc) is 2.76. The number of aromatic hydroxyl groups is 1. The van der Waals surface area contributed by atoms with Crippen molar-refractivity contribution in [3.05, 3.63) is 72.8 Å². The van der Waals surface area contributed by atoms with E-state index in [2.05, 4.69) is 6.92 Å². The molecular weight excluding hydrogens is 396 g/mol. The Hall–Kier alpha value is -2.79. The minimum absolute atomic E-state index is 0.0469. The van der Waals surface area contributed by atoms with Gasteiger partial charge >= 0.3 is 0 Å². The van der Waals surface area contributed by atoms with Crippen molar-refractivity contribution in [2.75, 3.05) is 0 Å². The topological polar surface area (TPSA) is 63.6 Å². The average molecular weight is 423 g/mol. The van der Waals surface area contributed by atoms with Gasteiger partial charge in [-0.1, -0.05) is 37.3 Å². The van der Waals surface area contributed by atoms with E-state index in [-0.39, 0.29) is 21.6 Å². The minimum Gasteiger partial charge on any atom is -0.507 e. The molecule has 0 amide bonds. The molecule has 3 aromatic carbocycles. The lowest BCUT2D eigenvalue weighted by Gasteiger charge is -2.26. The SMILES string of the molecule is CC1CCC(Oc2ccc(S(=O)(=O)c3ccc(O)c(-c4ccccc4)c3)cc2)CC1. The Morgan fingerprint density at radius 2 is 1.47 bits per heavy atom. The maximum atomic E-state index is 13.1. The Kier molecular flexibility index (Phi) is 5.82. The van der Waals surface area contributed by atoms with Crippen molar-refractivity contribution >= 4 is 9.84 Å². The first kappa shape index (κ1) is 20.5. The van der Waals surface area contributed by atoms with Crippen molar-refractivity contribution in [2.45, 2.75) is 48.5 Å². The molecule has 30 heavy (non-hydrogen) atoms. The van der Waals surface area contributed by atoms with Crippen LogP contribution in [0, 0.1) is 5.92 Å². The van der Waals surface area contributed by atoms with Gasteiger partial charge in [-0.3, -0.25) is 0 Å². The van der Waals surface area contributed by atoms with Crippen molar-refractivity contribution < 1.29 is 18.3 Å². The van der Waals surface area contributed by atoms with Crippen molar-refractivity contribution in [1.82, 2.24) is 0 Å². The summed E-state index contributed by atoms with van der Waals surface area (Å²) in [7, 11) is -3.71. The molecule has 4 rings (SSSR count). The maximum Gasteiger partial charge on any atom is 0.206 e. The van der Waals surface area contributed by atoms with Gasteiger partial charge in [0, 0.05) is 5.56 Å². The normalized spacial score (nSPS) is 19.4. The highest BCUT2D eigenvalue weighted by molar-refractivity contribution is 7.91. The summed E-state index contributed by atoms with van der Waals surface area (Å²) in [4.78, 5) is 0.353. The molecule has 1 fully saturated rings. The summed E-state index contributed by atoms with van der Waals surface area (Å²) in [6.45, 7) is 2.27. The van der Waals surface area contributed by atoms with Crippen LogP contribution in [0.3, 0.4) is 0 Å². The van der Waals surface area contributed by atoms with Crippen LogP contribution in [0.15, 0.2) is 82.6 Å². The summed E-state index contributed by atoms with van der Waals surface area (Å²) in [6.07, 6.45) is 4.62. The van der Waals surface area contributed by atoms with E-state index in [0.717, 1.165) is 24.3 Å². The largest absolute Gasteiger partial charge is 0.507 e. The quantitative estimate of drug-likeness (QED) is 0.560. The van der Waals surface area contributed by atoms with Gasteiger partial charge in [-0.15, -0.1) is 0 Å². The van der Waals surface area contributed by atoms with E-state index in [1.807, 2.05) is 30.3 Å². The van der Waals surface area contributed by atoms with Gasteiger partial charge in [0.15, 0.2) is 0 Å². The van der Waals surface area contributed by atoms with Crippen LogP contribution in [0.1, 0.15) is 32.6 Å². The lowest BCUT2D eigenvalue weighted by atomic mass is 9.89. The molecule has 0 unspecified atom stereocenters. The van der Waals surface area contributed by atoms with Gasteiger partial charge in [0.1, 0.15) is 11.5 Å². The van der Waals surface area contributed by atoms with Crippen LogP contribution in [0.5, 0.6) is 11.5 Å². The van der Waals surface area contributed by atoms with Crippen LogP contribution in [-0.4, -0.2) is 19.6 Å². The minimum atomic E-state index is -3.71. The second-order valence-corrected chi connectivity index (χ2v) is 9.97. The smallest absolute Gasteiger partial charge is 0.206 e. The molecule has 4 nitrogen and oxygen atoms in total. The number of hydrogen-bond donors (Lipinski definition) is 1. The Balaban J connectivity index is 1.56. The number of ether oxygens (including phenoxy) is 1. The van der Waals surface area contributed by atoms with Gasteiger partial charge in [0.05, 0.1) is 15.9 Å². The fourth-order valence-corrected chi connectivity index (χ4v) is 5.19. The van der Waals surface area contributed by atoms with Gasteiger partial charge in [-0.2, -0.15) is 0 Å². The van der Waals surface area contributed by atoms with E-state index in [9.17, 15) is 13.5 Å². The second kappa shape index (κ2) is 8.52. The predicted octanol–water partition coefficient (Wildman–Crippen LogP) is 5.85. The highest BCUT2D eigenvalue weighted by Crippen LogP contribution is 2.34. The van der Waals surface area contributed by atoms with Gasteiger partial charge in [-0.25, -0.2) is 8.42 Å². The highest BCUT2D eigenvalue weighted by Gasteiger charge is 2.22. The van der Waals surface area contributed by atoms with Gasteiger partial charge in [0.25, 0.3) is 0 Å². The summed E-state index contributed by atoms with van der Waals surface area (Å²) < 4.78 is 32.3. The van der Waals surface area contributed by atoms with E-state index in [4.69, 9.17) is 4.74 Å². The molecule has 0 bridgehead atoms. The molecule has 1 saturated carbocycles. The van der Waals surface area contributed by atoms with E-state index < -0.39 is 9.84 Å². The van der Waals surface area contributed by atoms with Crippen LogP contribution >= 0.6 is 0 Å². The zero-order valence-corrected chi connectivity index (χ0v) is 17.8. The molecule has 1 aliphatic rings. The van der Waals surface area contributed by atoms with Crippen LogP contribution in [0.4, 0.5) is 0 Å². The molecule has 0 atom stereocenters. The molecule has 0 aromatic heterocycles. The monoisotopic (exact) mass is 422 g/mol. The van der Waals surface area contributed by atoms with Crippen molar-refractivity contribution in [3.63, 3.8) is 0 Å². The molecule has 5 heteroatoms.